The van der Waals surface area contributed by atoms with Crippen LogP contribution in [0.3, 0.4) is 0 Å². The predicted molar refractivity (Wildman–Crippen MR) is 92.9 cm³/mol. The average molecular weight is 361 g/mol. The van der Waals surface area contributed by atoms with Crippen molar-refractivity contribution in [2.24, 2.45) is 11.7 Å². The van der Waals surface area contributed by atoms with E-state index in [1.54, 1.807) is 25.1 Å². The van der Waals surface area contributed by atoms with Gasteiger partial charge in [-0.15, -0.1) is 0 Å². The number of rotatable bonds is 5. The number of methoxy groups -OCH3 is 1. The number of amides is 2. The molecule has 3 atom stereocenters. The largest absolute Gasteiger partial charge is 0.496 e. The zero-order chi connectivity index (χ0) is 19.1. The van der Waals surface area contributed by atoms with E-state index in [1.165, 1.54) is 20.2 Å². The van der Waals surface area contributed by atoms with E-state index >= 15 is 0 Å². The maximum absolute atomic E-state index is 14.3. The number of primary amides is 1. The first-order valence-electron chi connectivity index (χ1n) is 8.15. The van der Waals surface area contributed by atoms with Crippen molar-refractivity contribution < 1.29 is 23.5 Å². The second-order valence-electron chi connectivity index (χ2n) is 6.51. The van der Waals surface area contributed by atoms with Gasteiger partial charge in [-0.25, -0.2) is 9.37 Å². The molecule has 0 spiro atoms. The number of pyridine rings is 1. The number of hydrogen-bond donors (Lipinski definition) is 2. The molecule has 1 aromatic carbocycles. The third kappa shape index (κ3) is 2.91. The van der Waals surface area contributed by atoms with Crippen LogP contribution in [0.5, 0.6) is 11.6 Å². The molecule has 138 valence electrons. The van der Waals surface area contributed by atoms with E-state index in [4.69, 9.17) is 15.2 Å². The first-order valence-corrected chi connectivity index (χ1v) is 8.15. The van der Waals surface area contributed by atoms with Crippen LogP contribution in [0.1, 0.15) is 24.2 Å². The van der Waals surface area contributed by atoms with E-state index in [-0.39, 0.29) is 12.2 Å². The van der Waals surface area contributed by atoms with Gasteiger partial charge in [0.25, 0.3) is 11.8 Å². The second kappa shape index (κ2) is 6.44. The number of nitrogens with zero attached hydrogens (tertiary/aromatic N) is 1. The molecule has 3 N–H and O–H groups in total. The predicted octanol–water partition coefficient (Wildman–Crippen LogP) is 1.58. The van der Waals surface area contributed by atoms with Crippen molar-refractivity contribution in [3.05, 3.63) is 30.0 Å². The lowest BCUT2D eigenvalue weighted by atomic mass is 9.91. The zero-order valence-corrected chi connectivity index (χ0v) is 14.7. The molecule has 0 bridgehead atoms. The number of alkyl halides is 1. The number of hydrogen-bond acceptors (Lipinski definition) is 5. The van der Waals surface area contributed by atoms with Gasteiger partial charge in [-0.2, -0.15) is 0 Å². The van der Waals surface area contributed by atoms with Gasteiger partial charge < -0.3 is 20.5 Å². The Morgan fingerprint density at radius 1 is 1.46 bits per heavy atom. The van der Waals surface area contributed by atoms with Crippen molar-refractivity contribution in [2.45, 2.75) is 25.6 Å². The topological polar surface area (TPSA) is 104 Å². The fourth-order valence-electron chi connectivity index (χ4n) is 3.02. The number of nitrogens with two attached hydrogens (primary N) is 1. The van der Waals surface area contributed by atoms with Gasteiger partial charge in [0.05, 0.1) is 18.7 Å². The summed E-state index contributed by atoms with van der Waals surface area (Å²) < 4.78 is 25.3. The molecule has 3 rings (SSSR count). The fourth-order valence-corrected chi connectivity index (χ4v) is 3.02. The summed E-state index contributed by atoms with van der Waals surface area (Å²) in [6.07, 6.45) is 1.53. The molecule has 0 saturated carbocycles. The highest BCUT2D eigenvalue weighted by Gasteiger charge is 2.50. The maximum atomic E-state index is 14.3. The van der Waals surface area contributed by atoms with E-state index in [1.807, 2.05) is 0 Å². The lowest BCUT2D eigenvalue weighted by molar-refractivity contribution is -0.129. The third-order valence-electron chi connectivity index (χ3n) is 4.93. The summed E-state index contributed by atoms with van der Waals surface area (Å²) in [4.78, 5) is 27.5. The van der Waals surface area contributed by atoms with Crippen molar-refractivity contribution >= 4 is 22.6 Å². The van der Waals surface area contributed by atoms with Crippen LogP contribution in [0.15, 0.2) is 24.4 Å². The molecule has 1 aliphatic heterocycles. The highest BCUT2D eigenvalue weighted by molar-refractivity contribution is 6.01. The van der Waals surface area contributed by atoms with Gasteiger partial charge in [-0.3, -0.25) is 9.59 Å². The van der Waals surface area contributed by atoms with Crippen molar-refractivity contribution in [1.82, 2.24) is 10.3 Å². The minimum atomic E-state index is -1.93. The van der Waals surface area contributed by atoms with Crippen LogP contribution in [0.2, 0.25) is 0 Å². The van der Waals surface area contributed by atoms with E-state index in [2.05, 4.69) is 10.3 Å². The highest BCUT2D eigenvalue weighted by atomic mass is 19.1. The number of fused-ring (bicyclic) bond motifs is 1. The van der Waals surface area contributed by atoms with Gasteiger partial charge in [-0.05, 0) is 30.5 Å². The first kappa shape index (κ1) is 17.9. The van der Waals surface area contributed by atoms with E-state index in [0.717, 1.165) is 0 Å². The number of aromatic nitrogens is 1. The summed E-state index contributed by atoms with van der Waals surface area (Å²) >= 11 is 0. The highest BCUT2D eigenvalue weighted by Crippen LogP contribution is 2.33. The second-order valence-corrected chi connectivity index (χ2v) is 6.51. The van der Waals surface area contributed by atoms with Crippen molar-refractivity contribution in [3.8, 4) is 11.6 Å². The minimum absolute atomic E-state index is 0.0679. The van der Waals surface area contributed by atoms with Crippen LogP contribution in [-0.4, -0.2) is 42.2 Å². The SMILES string of the molecule is COc1cc2c(OC[C@H]3NC(=O)[C@@](C)(F)[C@H]3C)nccc2cc1C(N)=O. The quantitative estimate of drug-likeness (QED) is 0.842. The Morgan fingerprint density at radius 2 is 2.19 bits per heavy atom. The minimum Gasteiger partial charge on any atom is -0.496 e. The molecule has 2 aromatic rings. The Morgan fingerprint density at radius 3 is 2.77 bits per heavy atom. The van der Waals surface area contributed by atoms with Crippen molar-refractivity contribution in [1.29, 1.82) is 0 Å². The van der Waals surface area contributed by atoms with Gasteiger partial charge in [0.2, 0.25) is 5.88 Å². The molecular formula is C18H20FN3O4. The maximum Gasteiger partial charge on any atom is 0.258 e. The average Bonchev–Trinajstić information content (AvgIpc) is 2.81. The summed E-state index contributed by atoms with van der Waals surface area (Å²) in [7, 11) is 1.43. The smallest absolute Gasteiger partial charge is 0.258 e. The van der Waals surface area contributed by atoms with E-state index in [0.29, 0.717) is 22.4 Å². The molecule has 8 heteroatoms. The number of carbonyl (C=O) groups excluding carboxylic acids is 2. The first-order chi connectivity index (χ1) is 12.3. The molecule has 26 heavy (non-hydrogen) atoms. The summed E-state index contributed by atoms with van der Waals surface area (Å²) in [5, 5.41) is 3.92. The fraction of sp³-hybridized carbons (Fsp3) is 0.389. The molecule has 1 saturated heterocycles. The number of ether oxygens (including phenoxy) is 2. The van der Waals surface area contributed by atoms with Crippen LogP contribution >= 0.6 is 0 Å². The monoisotopic (exact) mass is 361 g/mol. The van der Waals surface area contributed by atoms with Crippen LogP contribution in [-0.2, 0) is 4.79 Å². The Hall–Kier alpha value is -2.90. The Balaban J connectivity index is 1.89. The molecule has 2 amide bonds. The Kier molecular flexibility index (Phi) is 4.43. The standard InChI is InChI=1S/C18H20FN3O4/c1-9-13(22-17(24)18(9,2)19)8-26-16-11-7-14(25-3)12(15(20)23)6-10(11)4-5-21-16/h4-7,9,13H,8H2,1-3H3,(H2,20,23)(H,22,24)/t9-,13+,18-/m0/s1. The number of benzene rings is 1. The molecule has 0 aliphatic carbocycles. The molecule has 1 aromatic heterocycles. The molecule has 1 fully saturated rings. The summed E-state index contributed by atoms with van der Waals surface area (Å²) in [5.41, 5.74) is 3.69. The van der Waals surface area contributed by atoms with E-state index in [9.17, 15) is 14.0 Å². The lowest BCUT2D eigenvalue weighted by Crippen LogP contribution is -2.34. The molecule has 0 unspecified atom stereocenters. The van der Waals surface area contributed by atoms with Crippen LogP contribution in [0.4, 0.5) is 4.39 Å². The number of carbonyl (C=O) groups is 2. The molecule has 2 heterocycles. The van der Waals surface area contributed by atoms with Gasteiger partial charge in [0, 0.05) is 17.5 Å². The van der Waals surface area contributed by atoms with Crippen LogP contribution in [0.25, 0.3) is 10.8 Å². The Labute approximate surface area is 149 Å². The van der Waals surface area contributed by atoms with Gasteiger partial charge >= 0.3 is 0 Å². The van der Waals surface area contributed by atoms with Gasteiger partial charge in [0.1, 0.15) is 12.4 Å². The molecule has 7 nitrogen and oxygen atoms in total. The Bertz CT molecular complexity index is 884. The zero-order valence-electron chi connectivity index (χ0n) is 14.7. The summed E-state index contributed by atoms with van der Waals surface area (Å²) in [6, 6.07) is 4.46. The van der Waals surface area contributed by atoms with E-state index < -0.39 is 29.4 Å². The number of halogens is 1. The van der Waals surface area contributed by atoms with Gasteiger partial charge in [0.15, 0.2) is 5.67 Å². The number of nitrogens with one attached hydrogen (secondary N) is 1. The van der Waals surface area contributed by atoms with Crippen LogP contribution in [0, 0.1) is 5.92 Å². The normalized spacial score (nSPS) is 25.2. The molecule has 1 aliphatic rings. The van der Waals surface area contributed by atoms with Crippen LogP contribution < -0.4 is 20.5 Å². The lowest BCUT2D eigenvalue weighted by Gasteiger charge is -2.20. The summed E-state index contributed by atoms with van der Waals surface area (Å²) in [5.74, 6) is -1.18. The summed E-state index contributed by atoms with van der Waals surface area (Å²) in [6.45, 7) is 2.99. The van der Waals surface area contributed by atoms with Crippen molar-refractivity contribution in [3.63, 3.8) is 0 Å². The van der Waals surface area contributed by atoms with Gasteiger partial charge in [-0.1, -0.05) is 6.92 Å². The van der Waals surface area contributed by atoms with Crippen molar-refractivity contribution in [2.75, 3.05) is 13.7 Å². The third-order valence-corrected chi connectivity index (χ3v) is 4.93. The molecule has 0 radical (unpaired) electrons. The molecular weight excluding hydrogens is 341 g/mol.